The first-order valence-electron chi connectivity index (χ1n) is 10.6. The zero-order valence-corrected chi connectivity index (χ0v) is 21.0. The largest absolute Gasteiger partial charge is 0.622 e. The third kappa shape index (κ3) is 5.50. The second-order valence-electron chi connectivity index (χ2n) is 7.69. The van der Waals surface area contributed by atoms with Crippen LogP contribution in [0.25, 0.3) is 6.08 Å². The fourth-order valence-corrected chi connectivity index (χ4v) is 5.61. The maximum absolute atomic E-state index is 14.6. The molecule has 0 aliphatic rings. The Morgan fingerprint density at radius 3 is 1.82 bits per heavy atom. The van der Waals surface area contributed by atoms with Crippen molar-refractivity contribution in [1.29, 1.82) is 0 Å². The van der Waals surface area contributed by atoms with Crippen LogP contribution < -0.4 is 4.90 Å². The average Bonchev–Trinajstić information content (AvgIpc) is 2.86. The van der Waals surface area contributed by atoms with Crippen molar-refractivity contribution < 1.29 is 4.55 Å². The minimum atomic E-state index is -2.93. The summed E-state index contributed by atoms with van der Waals surface area (Å²) in [4.78, 5) is 3.33. The molecule has 4 aromatic carbocycles. The first kappa shape index (κ1) is 23.2. The first-order chi connectivity index (χ1) is 16.0. The monoisotopic (exact) mass is 516 g/mol. The van der Waals surface area contributed by atoms with Gasteiger partial charge in [0.1, 0.15) is 9.79 Å². The average molecular weight is 517 g/mol. The van der Waals surface area contributed by atoms with Crippen molar-refractivity contribution in [2.24, 2.45) is 4.36 Å². The third-order valence-corrected chi connectivity index (χ3v) is 8.07. The van der Waals surface area contributed by atoms with E-state index in [2.05, 4.69) is 35.0 Å². The van der Waals surface area contributed by atoms with Crippen molar-refractivity contribution in [1.82, 2.24) is 0 Å². The number of benzene rings is 4. The van der Waals surface area contributed by atoms with Gasteiger partial charge in [0.2, 0.25) is 0 Å². The summed E-state index contributed by atoms with van der Waals surface area (Å²) >= 11 is 3.49. The molecule has 0 amide bonds. The lowest BCUT2D eigenvalue weighted by Crippen LogP contribution is -2.20. The van der Waals surface area contributed by atoms with Gasteiger partial charge in [-0.15, -0.1) is 0 Å². The van der Waals surface area contributed by atoms with Gasteiger partial charge in [0.05, 0.1) is 0 Å². The Hall–Kier alpha value is -2.99. The highest BCUT2D eigenvalue weighted by Gasteiger charge is 2.23. The molecule has 0 aliphatic heterocycles. The van der Waals surface area contributed by atoms with Crippen molar-refractivity contribution in [2.45, 2.75) is 16.7 Å². The van der Waals surface area contributed by atoms with Crippen LogP contribution in [0.5, 0.6) is 0 Å². The van der Waals surface area contributed by atoms with E-state index in [1.807, 2.05) is 115 Å². The molecule has 0 spiro atoms. The van der Waals surface area contributed by atoms with E-state index in [-0.39, 0.29) is 0 Å². The first-order valence-corrected chi connectivity index (χ1v) is 12.9. The molecule has 0 aliphatic carbocycles. The quantitative estimate of drug-likeness (QED) is 0.245. The van der Waals surface area contributed by atoms with Crippen LogP contribution in [0.4, 0.5) is 5.69 Å². The minimum absolute atomic E-state index is 0.610. The molecule has 0 saturated carbocycles. The Bertz CT molecular complexity index is 1240. The van der Waals surface area contributed by atoms with E-state index < -0.39 is 10.1 Å². The molecule has 4 aromatic rings. The van der Waals surface area contributed by atoms with E-state index in [1.165, 1.54) is 5.56 Å². The second-order valence-corrected chi connectivity index (χ2v) is 10.8. The van der Waals surface area contributed by atoms with Crippen molar-refractivity contribution >= 4 is 37.8 Å². The molecule has 0 bridgehead atoms. The Kier molecular flexibility index (Phi) is 7.23. The van der Waals surface area contributed by atoms with Crippen LogP contribution in [-0.2, 0) is 10.1 Å². The van der Waals surface area contributed by atoms with Gasteiger partial charge in [-0.2, -0.15) is 0 Å². The van der Waals surface area contributed by atoms with Crippen molar-refractivity contribution in [3.8, 4) is 0 Å². The fourth-order valence-electron chi connectivity index (χ4n) is 3.38. The Balaban J connectivity index is 1.94. The summed E-state index contributed by atoms with van der Waals surface area (Å²) in [5.74, 6) is 0.610. The van der Waals surface area contributed by atoms with E-state index in [0.717, 1.165) is 15.7 Å². The normalized spacial score (nSPS) is 11.8. The molecule has 0 saturated heterocycles. The maximum Gasteiger partial charge on any atom is 0.180 e. The van der Waals surface area contributed by atoms with Gasteiger partial charge in [0.25, 0.3) is 0 Å². The molecule has 0 heterocycles. The lowest BCUT2D eigenvalue weighted by atomic mass is 10.2. The van der Waals surface area contributed by atoms with Gasteiger partial charge in [-0.1, -0.05) is 86.5 Å². The molecule has 5 heteroatoms. The molecule has 166 valence electrons. The highest BCUT2D eigenvalue weighted by molar-refractivity contribution is 9.10. The van der Waals surface area contributed by atoms with Gasteiger partial charge in [0.15, 0.2) is 5.82 Å². The van der Waals surface area contributed by atoms with Gasteiger partial charge in [-0.25, -0.2) is 0 Å². The van der Waals surface area contributed by atoms with E-state index in [9.17, 15) is 4.55 Å². The fraction of sp³-hybridized carbons (Fsp3) is 0.0714. The number of nitrogens with zero attached hydrogens (tertiary/aromatic N) is 2. The zero-order chi connectivity index (χ0) is 23.3. The summed E-state index contributed by atoms with van der Waals surface area (Å²) in [6.07, 6.45) is 1.97. The van der Waals surface area contributed by atoms with E-state index in [0.29, 0.717) is 15.6 Å². The summed E-state index contributed by atoms with van der Waals surface area (Å²) in [7, 11) is -0.976. The van der Waals surface area contributed by atoms with E-state index in [4.69, 9.17) is 4.36 Å². The SMILES string of the molecule is Cc1ccc(N(C)/C(=C/c2ccc(Br)cc2)N=[S+]([O-])(c2ccccc2)c2ccccc2)cc1. The lowest BCUT2D eigenvalue weighted by molar-refractivity contribution is 0.583. The maximum atomic E-state index is 14.6. The predicted octanol–water partition coefficient (Wildman–Crippen LogP) is 7.78. The van der Waals surface area contributed by atoms with Crippen LogP contribution >= 0.6 is 15.9 Å². The summed E-state index contributed by atoms with van der Waals surface area (Å²) in [5.41, 5.74) is 3.12. The second kappa shape index (κ2) is 10.3. The van der Waals surface area contributed by atoms with Gasteiger partial charge in [-0.3, -0.25) is 0 Å². The van der Waals surface area contributed by atoms with Gasteiger partial charge in [0, 0.05) is 17.2 Å². The summed E-state index contributed by atoms with van der Waals surface area (Å²) in [5, 5.41) is 0. The number of rotatable bonds is 6. The van der Waals surface area contributed by atoms with Crippen LogP contribution in [0.1, 0.15) is 11.1 Å². The van der Waals surface area contributed by atoms with Crippen LogP contribution in [0.2, 0.25) is 0 Å². The standard InChI is InChI=1S/C28H25BrN2OS/c1-22-13-19-25(20-14-22)31(2)28(21-23-15-17-24(29)18-16-23)30-33(32,26-9-5-3-6-10-26)27-11-7-4-8-12-27/h3-21H,1-2H3/b28-21+. The molecule has 33 heavy (non-hydrogen) atoms. The van der Waals surface area contributed by atoms with E-state index in [1.54, 1.807) is 0 Å². The molecule has 3 nitrogen and oxygen atoms in total. The van der Waals surface area contributed by atoms with Crippen LogP contribution in [0, 0.1) is 6.92 Å². The third-order valence-electron chi connectivity index (χ3n) is 5.28. The number of hydrogen-bond acceptors (Lipinski definition) is 3. The molecule has 0 unspecified atom stereocenters. The number of halogens is 1. The Morgan fingerprint density at radius 1 is 0.788 bits per heavy atom. The number of aryl methyl sites for hydroxylation is 1. The smallest absolute Gasteiger partial charge is 0.180 e. The number of anilines is 1. The topological polar surface area (TPSA) is 38.7 Å². The predicted molar refractivity (Wildman–Crippen MR) is 142 cm³/mol. The van der Waals surface area contributed by atoms with Crippen molar-refractivity contribution in [3.05, 3.63) is 131 Å². The minimum Gasteiger partial charge on any atom is -0.622 e. The molecule has 0 aromatic heterocycles. The summed E-state index contributed by atoms with van der Waals surface area (Å²) in [6, 6.07) is 35.2. The molecule has 0 atom stereocenters. The Morgan fingerprint density at radius 2 is 1.30 bits per heavy atom. The van der Waals surface area contributed by atoms with Gasteiger partial charge >= 0.3 is 0 Å². The summed E-state index contributed by atoms with van der Waals surface area (Å²) < 4.78 is 20.6. The van der Waals surface area contributed by atoms with Gasteiger partial charge in [-0.05, 0) is 77.2 Å². The Labute approximate surface area is 205 Å². The molecule has 0 radical (unpaired) electrons. The highest BCUT2D eigenvalue weighted by atomic mass is 79.9. The van der Waals surface area contributed by atoms with Crippen LogP contribution in [0.15, 0.2) is 134 Å². The van der Waals surface area contributed by atoms with Gasteiger partial charge < -0.3 is 9.45 Å². The number of hydrogen-bond donors (Lipinski definition) is 0. The molecule has 0 N–H and O–H groups in total. The molecule has 0 fully saturated rings. The molecular weight excluding hydrogens is 492 g/mol. The van der Waals surface area contributed by atoms with Crippen LogP contribution in [-0.4, -0.2) is 11.6 Å². The van der Waals surface area contributed by atoms with Crippen molar-refractivity contribution in [3.63, 3.8) is 0 Å². The molecule has 4 rings (SSSR count). The highest BCUT2D eigenvalue weighted by Crippen LogP contribution is 2.32. The zero-order valence-electron chi connectivity index (χ0n) is 18.6. The van der Waals surface area contributed by atoms with Crippen LogP contribution in [0.3, 0.4) is 0 Å². The lowest BCUT2D eigenvalue weighted by Gasteiger charge is -2.26. The summed E-state index contributed by atoms with van der Waals surface area (Å²) in [6.45, 7) is 2.06. The molecular formula is C28H25BrN2OS. The van der Waals surface area contributed by atoms with Crippen molar-refractivity contribution in [2.75, 3.05) is 11.9 Å². The van der Waals surface area contributed by atoms with E-state index >= 15 is 0 Å².